The van der Waals surface area contributed by atoms with Gasteiger partial charge in [0.25, 0.3) is 0 Å². The molecule has 0 rings (SSSR count). The van der Waals surface area contributed by atoms with Crippen molar-refractivity contribution in [3.05, 3.63) is 12.2 Å². The second-order valence-corrected chi connectivity index (χ2v) is 9.73. The molecule has 0 aromatic heterocycles. The van der Waals surface area contributed by atoms with Crippen molar-refractivity contribution in [3.63, 3.8) is 0 Å². The van der Waals surface area contributed by atoms with E-state index in [0.717, 1.165) is 6.42 Å². The van der Waals surface area contributed by atoms with Gasteiger partial charge in [-0.1, -0.05) is 76.9 Å². The van der Waals surface area contributed by atoms with Gasteiger partial charge in [-0.2, -0.15) is 0 Å². The molecule has 0 saturated heterocycles. The summed E-state index contributed by atoms with van der Waals surface area (Å²) in [7, 11) is 0. The van der Waals surface area contributed by atoms with Crippen molar-refractivity contribution in [2.75, 3.05) is 6.61 Å². The monoisotopic (exact) mass is 456 g/mol. The highest BCUT2D eigenvalue weighted by molar-refractivity contribution is 6.18. The Bertz CT molecular complexity index is 376. The molecule has 4 nitrogen and oxygen atoms in total. The number of rotatable bonds is 20. The average molecular weight is 457 g/mol. The molecular formula is C26H53AlO4. The minimum atomic E-state index is -0.684. The number of allylic oxidation sites excluding steroid dienone is 2. The lowest BCUT2D eigenvalue weighted by Crippen LogP contribution is -2.14. The minimum Gasteiger partial charge on any atom is -0.479 e. The molecule has 184 valence electrons. The number of carbonyl (C=O) groups is 1. The van der Waals surface area contributed by atoms with Crippen molar-refractivity contribution in [1.29, 1.82) is 0 Å². The molecular weight excluding hydrogens is 403 g/mol. The van der Waals surface area contributed by atoms with E-state index in [0.29, 0.717) is 18.8 Å². The van der Waals surface area contributed by atoms with E-state index in [4.69, 9.17) is 12.3 Å². The molecule has 5 heteroatoms. The standard InChI is InChI=1S/C20H38O2.2C3H7O.Al.H/c1-3-4-5-6-7-8-9-10-11-12-13-14-15-16-17-18-19-22-20(2)21;2*1-3(2)4;;/h10-11H,3-9,12-19H2,1-2H3;2*3H,1-2H3;;/q;2*-1;+2;. The van der Waals surface area contributed by atoms with Crippen LogP contribution in [0.25, 0.3) is 0 Å². The lowest BCUT2D eigenvalue weighted by atomic mass is 10.1. The Balaban J connectivity index is 0. The topological polar surface area (TPSA) is 44.8 Å². The summed E-state index contributed by atoms with van der Waals surface area (Å²) in [6.45, 7) is 12.4. The maximum Gasteiger partial charge on any atom is 0.650 e. The Morgan fingerprint density at radius 2 is 1.13 bits per heavy atom. The van der Waals surface area contributed by atoms with Gasteiger partial charge in [0.1, 0.15) is 0 Å². The molecule has 0 bridgehead atoms. The SMILES string of the molecule is CC(C)[O][AlH][O]C(C)C.CCCCCCCCC=CCCCCCCCCOC(C)=O. The highest BCUT2D eigenvalue weighted by atomic mass is 27.2. The number of unbranched alkanes of at least 4 members (excludes halogenated alkanes) is 12. The predicted octanol–water partition coefficient (Wildman–Crippen LogP) is 7.69. The lowest BCUT2D eigenvalue weighted by molar-refractivity contribution is -0.141. The second kappa shape index (κ2) is 27.7. The van der Waals surface area contributed by atoms with E-state index in [-0.39, 0.29) is 5.97 Å². The van der Waals surface area contributed by atoms with E-state index >= 15 is 0 Å². The lowest BCUT2D eigenvalue weighted by Gasteiger charge is -2.09. The van der Waals surface area contributed by atoms with Crippen molar-refractivity contribution in [1.82, 2.24) is 0 Å². The van der Waals surface area contributed by atoms with Crippen molar-refractivity contribution in [3.8, 4) is 0 Å². The van der Waals surface area contributed by atoms with Crippen LogP contribution in [0.2, 0.25) is 0 Å². The Morgan fingerprint density at radius 1 is 0.710 bits per heavy atom. The Morgan fingerprint density at radius 3 is 1.55 bits per heavy atom. The molecule has 0 amide bonds. The summed E-state index contributed by atoms with van der Waals surface area (Å²) in [6, 6.07) is 0. The average Bonchev–Trinajstić information content (AvgIpc) is 2.70. The van der Waals surface area contributed by atoms with Gasteiger partial charge in [-0.25, -0.2) is 0 Å². The zero-order valence-electron chi connectivity index (χ0n) is 21.8. The minimum absolute atomic E-state index is 0.159. The van der Waals surface area contributed by atoms with Crippen LogP contribution in [0, 0.1) is 0 Å². The van der Waals surface area contributed by atoms with E-state index in [9.17, 15) is 4.79 Å². The van der Waals surface area contributed by atoms with Gasteiger partial charge in [0.15, 0.2) is 0 Å². The molecule has 0 fully saturated rings. The van der Waals surface area contributed by atoms with Gasteiger partial charge >= 0.3 is 21.9 Å². The first-order valence-electron chi connectivity index (χ1n) is 12.9. The fourth-order valence-electron chi connectivity index (χ4n) is 2.88. The van der Waals surface area contributed by atoms with E-state index in [1.807, 2.05) is 27.7 Å². The molecule has 0 aromatic rings. The van der Waals surface area contributed by atoms with E-state index in [1.165, 1.54) is 90.4 Å². The van der Waals surface area contributed by atoms with Crippen LogP contribution in [0.15, 0.2) is 12.2 Å². The maximum atomic E-state index is 10.6. The summed E-state index contributed by atoms with van der Waals surface area (Å²) in [5.74, 6) is -0.159. The van der Waals surface area contributed by atoms with Crippen molar-refractivity contribution >= 4 is 21.9 Å². The van der Waals surface area contributed by atoms with Crippen LogP contribution in [-0.4, -0.2) is 40.7 Å². The molecule has 0 aliphatic rings. The molecule has 0 aromatic carbocycles. The third kappa shape index (κ3) is 37.3. The van der Waals surface area contributed by atoms with Gasteiger partial charge in [-0.05, 0) is 59.8 Å². The largest absolute Gasteiger partial charge is 0.650 e. The van der Waals surface area contributed by atoms with Gasteiger partial charge in [0, 0.05) is 19.1 Å². The van der Waals surface area contributed by atoms with Gasteiger partial charge in [0.2, 0.25) is 0 Å². The molecule has 0 atom stereocenters. The normalized spacial score (nSPS) is 11.1. The third-order valence-corrected chi connectivity index (χ3v) is 6.37. The van der Waals surface area contributed by atoms with Crippen molar-refractivity contribution < 1.29 is 17.1 Å². The number of ether oxygens (including phenoxy) is 1. The fourth-order valence-corrected chi connectivity index (χ4v) is 3.50. The zero-order valence-corrected chi connectivity index (χ0v) is 23.2. The predicted molar refractivity (Wildman–Crippen MR) is 136 cm³/mol. The van der Waals surface area contributed by atoms with Crippen LogP contribution in [-0.2, 0) is 17.1 Å². The molecule has 0 spiro atoms. The van der Waals surface area contributed by atoms with E-state index < -0.39 is 15.9 Å². The van der Waals surface area contributed by atoms with Gasteiger partial charge in [-0.15, -0.1) is 0 Å². The van der Waals surface area contributed by atoms with Gasteiger partial charge in [-0.3, -0.25) is 4.79 Å². The summed E-state index contributed by atoms with van der Waals surface area (Å²) in [5.41, 5.74) is 0. The number of carbonyl (C=O) groups excluding carboxylic acids is 1. The molecule has 31 heavy (non-hydrogen) atoms. The Kier molecular flexibility index (Phi) is 29.3. The summed E-state index contributed by atoms with van der Waals surface area (Å²) in [6.07, 6.45) is 23.7. The molecule has 0 unspecified atom stereocenters. The van der Waals surface area contributed by atoms with E-state index in [2.05, 4.69) is 19.1 Å². The summed E-state index contributed by atoms with van der Waals surface area (Å²) < 4.78 is 15.5. The maximum absolute atomic E-state index is 10.6. The van der Waals surface area contributed by atoms with Crippen LogP contribution < -0.4 is 0 Å². The first-order valence-corrected chi connectivity index (χ1v) is 14.1. The third-order valence-electron chi connectivity index (χ3n) is 4.76. The van der Waals surface area contributed by atoms with Crippen LogP contribution in [0.1, 0.15) is 131 Å². The fraction of sp³-hybridized carbons (Fsp3) is 0.885. The second-order valence-electron chi connectivity index (χ2n) is 8.83. The number of esters is 1. The summed E-state index contributed by atoms with van der Waals surface area (Å²) in [5, 5.41) is 0. The van der Waals surface area contributed by atoms with Crippen LogP contribution in [0.4, 0.5) is 0 Å². The molecule has 0 heterocycles. The highest BCUT2D eigenvalue weighted by Gasteiger charge is 2.01. The van der Waals surface area contributed by atoms with Gasteiger partial charge < -0.3 is 12.3 Å². The van der Waals surface area contributed by atoms with Crippen LogP contribution >= 0.6 is 0 Å². The molecule has 0 aliphatic carbocycles. The highest BCUT2D eigenvalue weighted by Crippen LogP contribution is 2.10. The molecule has 0 radical (unpaired) electrons. The Labute approximate surface area is 201 Å². The first-order chi connectivity index (χ1) is 14.9. The van der Waals surface area contributed by atoms with Crippen molar-refractivity contribution in [2.24, 2.45) is 0 Å². The quantitative estimate of drug-likeness (QED) is 0.0815. The number of hydrogen-bond acceptors (Lipinski definition) is 4. The van der Waals surface area contributed by atoms with Gasteiger partial charge in [0.05, 0.1) is 6.61 Å². The smallest absolute Gasteiger partial charge is 0.479 e. The molecule has 0 aliphatic heterocycles. The summed E-state index contributed by atoms with van der Waals surface area (Å²) in [4.78, 5) is 10.6. The zero-order chi connectivity index (χ0) is 23.6. The van der Waals surface area contributed by atoms with Crippen LogP contribution in [0.5, 0.6) is 0 Å². The molecule has 0 saturated carbocycles. The van der Waals surface area contributed by atoms with Crippen LogP contribution in [0.3, 0.4) is 0 Å². The Hall–Kier alpha value is -0.338. The van der Waals surface area contributed by atoms with Crippen molar-refractivity contribution in [2.45, 2.75) is 144 Å². The molecule has 0 N–H and O–H groups in total. The summed E-state index contributed by atoms with van der Waals surface area (Å²) >= 11 is -0.684. The number of hydrogen-bond donors (Lipinski definition) is 0. The first kappa shape index (κ1) is 32.8. The van der Waals surface area contributed by atoms with E-state index in [1.54, 1.807) is 0 Å².